The zero-order valence-electron chi connectivity index (χ0n) is 16.8. The molecule has 3 rings (SSSR count). The summed E-state index contributed by atoms with van der Waals surface area (Å²) < 4.78 is 11.2. The largest absolute Gasteiger partial charge is 0.426 e. The first-order valence-corrected chi connectivity index (χ1v) is 10.5. The van der Waals surface area contributed by atoms with Crippen molar-refractivity contribution in [3.63, 3.8) is 0 Å². The Labute approximate surface area is 162 Å². The molecule has 0 atom stereocenters. The van der Waals surface area contributed by atoms with Gasteiger partial charge in [0.25, 0.3) is 0 Å². The second-order valence-corrected chi connectivity index (χ2v) is 8.74. The van der Waals surface area contributed by atoms with Crippen LogP contribution in [0.15, 0.2) is 18.2 Å². The van der Waals surface area contributed by atoms with Gasteiger partial charge in [-0.05, 0) is 87.8 Å². The standard InChI is InChI=1S/C23H32O4/c1-15-4-8-18(9-5-15)22(24)26-20-12-17(3)13-21(14-20)27-23(25)19-10-6-16(2)7-11-19/h12-16,18-19H,4-11H2,1-3H3. The molecule has 1 aromatic rings. The highest BCUT2D eigenvalue weighted by molar-refractivity contribution is 5.77. The van der Waals surface area contributed by atoms with E-state index in [1.54, 1.807) is 6.07 Å². The molecule has 2 saturated carbocycles. The van der Waals surface area contributed by atoms with E-state index < -0.39 is 0 Å². The molecule has 0 N–H and O–H groups in total. The van der Waals surface area contributed by atoms with Crippen molar-refractivity contribution in [2.45, 2.75) is 72.1 Å². The maximum absolute atomic E-state index is 12.5. The van der Waals surface area contributed by atoms with Gasteiger partial charge < -0.3 is 9.47 Å². The number of benzene rings is 1. The lowest BCUT2D eigenvalue weighted by Crippen LogP contribution is -2.25. The highest BCUT2D eigenvalue weighted by atomic mass is 16.5. The fourth-order valence-electron chi connectivity index (χ4n) is 4.22. The van der Waals surface area contributed by atoms with Crippen molar-refractivity contribution < 1.29 is 19.1 Å². The van der Waals surface area contributed by atoms with Gasteiger partial charge in [-0.1, -0.05) is 13.8 Å². The lowest BCUT2D eigenvalue weighted by atomic mass is 9.83. The smallest absolute Gasteiger partial charge is 0.314 e. The third-order valence-electron chi connectivity index (χ3n) is 6.16. The lowest BCUT2D eigenvalue weighted by Gasteiger charge is -2.25. The lowest BCUT2D eigenvalue weighted by molar-refractivity contribution is -0.140. The Morgan fingerprint density at radius 2 is 1.07 bits per heavy atom. The molecule has 0 saturated heterocycles. The molecule has 2 aliphatic rings. The molecule has 0 bridgehead atoms. The van der Waals surface area contributed by atoms with Crippen LogP contribution in [0, 0.1) is 30.6 Å². The van der Waals surface area contributed by atoms with Gasteiger partial charge in [0.2, 0.25) is 0 Å². The molecule has 148 valence electrons. The van der Waals surface area contributed by atoms with Crippen LogP contribution in [0.5, 0.6) is 11.5 Å². The van der Waals surface area contributed by atoms with Crippen molar-refractivity contribution in [1.82, 2.24) is 0 Å². The summed E-state index contributed by atoms with van der Waals surface area (Å²) in [6.07, 6.45) is 7.91. The highest BCUT2D eigenvalue weighted by Gasteiger charge is 2.27. The molecule has 0 heterocycles. The molecule has 4 heteroatoms. The molecule has 0 aromatic heterocycles. The number of hydrogen-bond acceptors (Lipinski definition) is 4. The maximum Gasteiger partial charge on any atom is 0.314 e. The monoisotopic (exact) mass is 372 g/mol. The van der Waals surface area contributed by atoms with Gasteiger partial charge in [-0.25, -0.2) is 0 Å². The van der Waals surface area contributed by atoms with Crippen LogP contribution in [0.2, 0.25) is 0 Å². The first-order valence-electron chi connectivity index (χ1n) is 10.5. The first-order chi connectivity index (χ1) is 12.9. The summed E-state index contributed by atoms with van der Waals surface area (Å²) in [5.41, 5.74) is 0.914. The molecule has 4 nitrogen and oxygen atoms in total. The SMILES string of the molecule is Cc1cc(OC(=O)C2CCC(C)CC2)cc(OC(=O)C2CCC(C)CC2)c1. The predicted octanol–water partition coefficient (Wildman–Crippen LogP) is 5.46. The fraction of sp³-hybridized carbons (Fsp3) is 0.652. The van der Waals surface area contributed by atoms with Crippen molar-refractivity contribution in [2.75, 3.05) is 0 Å². The minimum atomic E-state index is -0.161. The van der Waals surface area contributed by atoms with Crippen molar-refractivity contribution in [3.05, 3.63) is 23.8 Å². The Kier molecular flexibility index (Phi) is 6.56. The van der Waals surface area contributed by atoms with E-state index in [-0.39, 0.29) is 23.8 Å². The van der Waals surface area contributed by atoms with E-state index >= 15 is 0 Å². The van der Waals surface area contributed by atoms with Gasteiger partial charge in [0.15, 0.2) is 0 Å². The number of hydrogen-bond donors (Lipinski definition) is 0. The molecule has 2 aliphatic carbocycles. The van der Waals surface area contributed by atoms with E-state index in [2.05, 4.69) is 13.8 Å². The van der Waals surface area contributed by atoms with Crippen molar-refractivity contribution in [3.8, 4) is 11.5 Å². The van der Waals surface area contributed by atoms with Crippen molar-refractivity contribution >= 4 is 11.9 Å². The van der Waals surface area contributed by atoms with Crippen LogP contribution in [0.1, 0.15) is 70.8 Å². The summed E-state index contributed by atoms with van der Waals surface area (Å²) in [6.45, 7) is 6.38. The molecule has 0 amide bonds. The van der Waals surface area contributed by atoms with Crippen LogP contribution in [-0.2, 0) is 9.59 Å². The summed E-state index contributed by atoms with van der Waals surface area (Å²) in [5, 5.41) is 0. The Morgan fingerprint density at radius 1 is 0.704 bits per heavy atom. The van der Waals surface area contributed by atoms with E-state index in [0.29, 0.717) is 23.3 Å². The van der Waals surface area contributed by atoms with E-state index in [9.17, 15) is 9.59 Å². The summed E-state index contributed by atoms with van der Waals surface area (Å²) in [7, 11) is 0. The molecule has 1 aromatic carbocycles. The minimum absolute atomic E-state index is 0.0167. The van der Waals surface area contributed by atoms with Crippen LogP contribution in [0.4, 0.5) is 0 Å². The first kappa shape index (κ1) is 19.9. The average molecular weight is 373 g/mol. The second-order valence-electron chi connectivity index (χ2n) is 8.74. The third-order valence-corrected chi connectivity index (χ3v) is 6.16. The van der Waals surface area contributed by atoms with Crippen LogP contribution in [-0.4, -0.2) is 11.9 Å². The predicted molar refractivity (Wildman–Crippen MR) is 105 cm³/mol. The Balaban J connectivity index is 1.60. The topological polar surface area (TPSA) is 52.6 Å². The van der Waals surface area contributed by atoms with E-state index in [0.717, 1.165) is 56.9 Å². The summed E-state index contributed by atoms with van der Waals surface area (Å²) in [5.74, 6) is 1.98. The molecule has 0 unspecified atom stereocenters. The van der Waals surface area contributed by atoms with Crippen molar-refractivity contribution in [2.24, 2.45) is 23.7 Å². The van der Waals surface area contributed by atoms with Crippen LogP contribution >= 0.6 is 0 Å². The number of esters is 2. The number of ether oxygens (including phenoxy) is 2. The molecule has 0 spiro atoms. The number of rotatable bonds is 4. The van der Waals surface area contributed by atoms with Gasteiger partial charge in [-0.3, -0.25) is 9.59 Å². The Bertz CT molecular complexity index is 611. The van der Waals surface area contributed by atoms with Crippen LogP contribution < -0.4 is 9.47 Å². The quantitative estimate of drug-likeness (QED) is 0.520. The van der Waals surface area contributed by atoms with Gasteiger partial charge >= 0.3 is 11.9 Å². The van der Waals surface area contributed by atoms with Crippen molar-refractivity contribution in [1.29, 1.82) is 0 Å². The zero-order valence-corrected chi connectivity index (χ0v) is 16.8. The summed E-state index contributed by atoms with van der Waals surface area (Å²) in [6, 6.07) is 5.31. The molecule has 2 fully saturated rings. The molecule has 0 aliphatic heterocycles. The van der Waals surface area contributed by atoms with Gasteiger partial charge in [-0.15, -0.1) is 0 Å². The number of aryl methyl sites for hydroxylation is 1. The third kappa shape index (κ3) is 5.57. The summed E-state index contributed by atoms with van der Waals surface area (Å²) >= 11 is 0. The zero-order chi connectivity index (χ0) is 19.4. The Morgan fingerprint density at radius 3 is 1.44 bits per heavy atom. The second kappa shape index (κ2) is 8.90. The van der Waals surface area contributed by atoms with Crippen LogP contribution in [0.3, 0.4) is 0 Å². The highest BCUT2D eigenvalue weighted by Crippen LogP contribution is 2.32. The van der Waals surface area contributed by atoms with Gasteiger partial charge in [-0.2, -0.15) is 0 Å². The average Bonchev–Trinajstić information content (AvgIpc) is 2.62. The van der Waals surface area contributed by atoms with Gasteiger partial charge in [0.05, 0.1) is 11.8 Å². The van der Waals surface area contributed by atoms with E-state index in [1.807, 2.05) is 19.1 Å². The van der Waals surface area contributed by atoms with E-state index in [1.165, 1.54) is 0 Å². The minimum Gasteiger partial charge on any atom is -0.426 e. The number of carbonyl (C=O) groups excluding carboxylic acids is 2. The fourth-order valence-corrected chi connectivity index (χ4v) is 4.22. The molecular weight excluding hydrogens is 340 g/mol. The van der Waals surface area contributed by atoms with Gasteiger partial charge in [0.1, 0.15) is 11.5 Å². The summed E-state index contributed by atoms with van der Waals surface area (Å²) in [4.78, 5) is 24.9. The van der Waals surface area contributed by atoms with E-state index in [4.69, 9.17) is 9.47 Å². The molecule has 27 heavy (non-hydrogen) atoms. The van der Waals surface area contributed by atoms with Gasteiger partial charge in [0, 0.05) is 6.07 Å². The maximum atomic E-state index is 12.5. The Hall–Kier alpha value is -1.84. The normalized spacial score (nSPS) is 28.4. The van der Waals surface area contributed by atoms with Crippen LogP contribution in [0.25, 0.3) is 0 Å². The number of carbonyl (C=O) groups is 2. The molecular formula is C23H32O4. The molecule has 0 radical (unpaired) electrons.